The van der Waals surface area contributed by atoms with Crippen molar-refractivity contribution in [3.05, 3.63) is 35.6 Å². The fraction of sp³-hybridized carbons (Fsp3) is 0.417. The summed E-state index contributed by atoms with van der Waals surface area (Å²) in [5, 5.41) is 0. The number of carbonyl (C=O) groups excluding carboxylic acids is 1. The molecular weight excluding hydrogens is 250 g/mol. The van der Waals surface area contributed by atoms with Crippen LogP contribution in [0.25, 0.3) is 0 Å². The molecule has 0 saturated heterocycles. The van der Waals surface area contributed by atoms with E-state index in [0.717, 1.165) is 12.1 Å². The zero-order valence-corrected chi connectivity index (χ0v) is 9.96. The molecule has 1 aromatic rings. The highest BCUT2D eigenvalue weighted by Crippen LogP contribution is 2.26. The first-order valence-electron chi connectivity index (χ1n) is 5.40. The van der Waals surface area contributed by atoms with Gasteiger partial charge in [-0.25, -0.2) is 4.39 Å². The van der Waals surface area contributed by atoms with Crippen LogP contribution in [0.3, 0.4) is 0 Å². The molecule has 0 aromatic heterocycles. The van der Waals surface area contributed by atoms with Crippen molar-refractivity contribution < 1.29 is 22.4 Å². The van der Waals surface area contributed by atoms with Crippen molar-refractivity contribution in [3.63, 3.8) is 0 Å². The average Bonchev–Trinajstić information content (AvgIpc) is 2.29. The Morgan fingerprint density at radius 3 is 2.17 bits per heavy atom. The molecule has 0 aliphatic carbocycles. The summed E-state index contributed by atoms with van der Waals surface area (Å²) in [5.74, 6) is -2.36. The molecule has 2 nitrogen and oxygen atoms in total. The van der Waals surface area contributed by atoms with Crippen molar-refractivity contribution in [1.82, 2.24) is 4.90 Å². The van der Waals surface area contributed by atoms with E-state index in [-0.39, 0.29) is 6.54 Å². The van der Waals surface area contributed by atoms with E-state index in [1.165, 1.54) is 26.0 Å². The van der Waals surface area contributed by atoms with Crippen LogP contribution in [0.4, 0.5) is 17.6 Å². The third kappa shape index (κ3) is 3.21. The zero-order valence-electron chi connectivity index (χ0n) is 9.96. The molecule has 1 aromatic carbocycles. The van der Waals surface area contributed by atoms with Gasteiger partial charge in [0.25, 0.3) is 0 Å². The number of amides is 1. The number of carbonyl (C=O) groups is 1. The first kappa shape index (κ1) is 14.5. The van der Waals surface area contributed by atoms with Gasteiger partial charge in [0.05, 0.1) is 6.04 Å². The number of nitrogens with zero attached hydrogens (tertiary/aromatic N) is 1. The quantitative estimate of drug-likeness (QED) is 0.766. The topological polar surface area (TPSA) is 20.3 Å². The van der Waals surface area contributed by atoms with Crippen molar-refractivity contribution in [3.8, 4) is 0 Å². The third-order valence-corrected chi connectivity index (χ3v) is 2.66. The molecule has 0 saturated carbocycles. The normalized spacial score (nSPS) is 13.2. The summed E-state index contributed by atoms with van der Waals surface area (Å²) in [6, 6.07) is 4.28. The van der Waals surface area contributed by atoms with E-state index >= 15 is 0 Å². The van der Waals surface area contributed by atoms with Crippen LogP contribution < -0.4 is 0 Å². The van der Waals surface area contributed by atoms with Gasteiger partial charge in [0, 0.05) is 6.54 Å². The number of hydrogen-bond donors (Lipinski definition) is 0. The molecule has 18 heavy (non-hydrogen) atoms. The second-order valence-electron chi connectivity index (χ2n) is 3.82. The van der Waals surface area contributed by atoms with Crippen molar-refractivity contribution in [2.45, 2.75) is 26.1 Å². The van der Waals surface area contributed by atoms with Crippen LogP contribution in [0.5, 0.6) is 0 Å². The molecule has 0 heterocycles. The van der Waals surface area contributed by atoms with Crippen LogP contribution >= 0.6 is 0 Å². The molecule has 1 atom stereocenters. The summed E-state index contributed by atoms with van der Waals surface area (Å²) in [4.78, 5) is 11.9. The number of rotatable bonds is 3. The van der Waals surface area contributed by atoms with Gasteiger partial charge in [0.2, 0.25) is 0 Å². The van der Waals surface area contributed by atoms with Gasteiger partial charge in [-0.15, -0.1) is 0 Å². The lowest BCUT2D eigenvalue weighted by molar-refractivity contribution is -0.187. The Kier molecular flexibility index (Phi) is 4.32. The van der Waals surface area contributed by atoms with E-state index < -0.39 is 23.9 Å². The summed E-state index contributed by atoms with van der Waals surface area (Å²) in [5.41, 5.74) is 0.454. The van der Waals surface area contributed by atoms with Gasteiger partial charge in [-0.3, -0.25) is 4.79 Å². The smallest absolute Gasteiger partial charge is 0.328 e. The van der Waals surface area contributed by atoms with Crippen LogP contribution in [0, 0.1) is 5.82 Å². The first-order chi connectivity index (χ1) is 8.27. The second kappa shape index (κ2) is 5.37. The Hall–Kier alpha value is -1.59. The Bertz CT molecular complexity index is 413. The van der Waals surface area contributed by atoms with Crippen LogP contribution in [0.1, 0.15) is 25.5 Å². The van der Waals surface area contributed by atoms with Gasteiger partial charge in [-0.2, -0.15) is 13.2 Å². The Morgan fingerprint density at radius 2 is 1.78 bits per heavy atom. The van der Waals surface area contributed by atoms with Gasteiger partial charge in [-0.1, -0.05) is 12.1 Å². The maximum Gasteiger partial charge on any atom is 0.471 e. The molecule has 0 N–H and O–H groups in total. The van der Waals surface area contributed by atoms with Gasteiger partial charge in [0.1, 0.15) is 5.82 Å². The lowest BCUT2D eigenvalue weighted by Gasteiger charge is -2.29. The molecule has 1 unspecified atom stereocenters. The Labute approximate surface area is 102 Å². The van der Waals surface area contributed by atoms with Crippen molar-refractivity contribution in [2.24, 2.45) is 0 Å². The van der Waals surface area contributed by atoms with E-state index in [0.29, 0.717) is 10.5 Å². The predicted octanol–water partition coefficient (Wildman–Crippen LogP) is 3.30. The van der Waals surface area contributed by atoms with E-state index in [4.69, 9.17) is 0 Å². The van der Waals surface area contributed by atoms with E-state index in [1.54, 1.807) is 0 Å². The summed E-state index contributed by atoms with van der Waals surface area (Å²) < 4.78 is 49.8. The minimum Gasteiger partial charge on any atom is -0.328 e. The highest BCUT2D eigenvalue weighted by molar-refractivity contribution is 5.82. The molecule has 0 fully saturated rings. The van der Waals surface area contributed by atoms with Gasteiger partial charge in [-0.05, 0) is 31.5 Å². The van der Waals surface area contributed by atoms with Gasteiger partial charge < -0.3 is 4.90 Å². The average molecular weight is 263 g/mol. The third-order valence-electron chi connectivity index (χ3n) is 2.66. The molecule has 1 rings (SSSR count). The highest BCUT2D eigenvalue weighted by Gasteiger charge is 2.43. The summed E-state index contributed by atoms with van der Waals surface area (Å²) >= 11 is 0. The molecule has 100 valence electrons. The van der Waals surface area contributed by atoms with E-state index in [9.17, 15) is 22.4 Å². The fourth-order valence-corrected chi connectivity index (χ4v) is 1.68. The Morgan fingerprint density at radius 1 is 1.28 bits per heavy atom. The lowest BCUT2D eigenvalue weighted by atomic mass is 10.1. The van der Waals surface area contributed by atoms with E-state index in [2.05, 4.69) is 0 Å². The van der Waals surface area contributed by atoms with Crippen LogP contribution in [0.15, 0.2) is 24.3 Å². The van der Waals surface area contributed by atoms with Crippen molar-refractivity contribution in [2.75, 3.05) is 6.54 Å². The summed E-state index contributed by atoms with van der Waals surface area (Å²) in [6.45, 7) is 2.86. The van der Waals surface area contributed by atoms with Crippen LogP contribution in [-0.2, 0) is 4.79 Å². The molecule has 6 heteroatoms. The zero-order chi connectivity index (χ0) is 13.9. The standard InChI is InChI=1S/C12H13F4NO/c1-3-17(11(18)12(14,15)16)8(2)9-4-6-10(13)7-5-9/h4-8H,3H2,1-2H3. The van der Waals surface area contributed by atoms with E-state index in [1.807, 2.05) is 0 Å². The molecule has 0 spiro atoms. The molecular formula is C12H13F4NO. The number of alkyl halides is 3. The number of halogens is 4. The van der Waals surface area contributed by atoms with Gasteiger partial charge in [0.15, 0.2) is 0 Å². The van der Waals surface area contributed by atoms with Gasteiger partial charge >= 0.3 is 12.1 Å². The second-order valence-corrected chi connectivity index (χ2v) is 3.82. The number of benzene rings is 1. The SMILES string of the molecule is CCN(C(=O)C(F)(F)F)C(C)c1ccc(F)cc1. The summed E-state index contributed by atoms with van der Waals surface area (Å²) in [6.07, 6.45) is -4.90. The highest BCUT2D eigenvalue weighted by atomic mass is 19.4. The van der Waals surface area contributed by atoms with Crippen molar-refractivity contribution >= 4 is 5.91 Å². The minimum absolute atomic E-state index is 0.0725. The minimum atomic E-state index is -4.90. The molecule has 0 aliphatic heterocycles. The number of hydrogen-bond acceptors (Lipinski definition) is 1. The Balaban J connectivity index is 2.96. The van der Waals surface area contributed by atoms with Crippen LogP contribution in [-0.4, -0.2) is 23.5 Å². The molecule has 0 aliphatic rings. The fourth-order valence-electron chi connectivity index (χ4n) is 1.68. The maximum atomic E-state index is 12.7. The first-order valence-corrected chi connectivity index (χ1v) is 5.40. The van der Waals surface area contributed by atoms with Crippen LogP contribution in [0.2, 0.25) is 0 Å². The largest absolute Gasteiger partial charge is 0.471 e. The molecule has 1 amide bonds. The molecule has 0 bridgehead atoms. The predicted molar refractivity (Wildman–Crippen MR) is 58.3 cm³/mol. The van der Waals surface area contributed by atoms with Crippen molar-refractivity contribution in [1.29, 1.82) is 0 Å². The maximum absolute atomic E-state index is 12.7. The molecule has 0 radical (unpaired) electrons. The lowest BCUT2D eigenvalue weighted by Crippen LogP contribution is -2.42. The monoisotopic (exact) mass is 263 g/mol. The summed E-state index contributed by atoms with van der Waals surface area (Å²) in [7, 11) is 0.